The predicted octanol–water partition coefficient (Wildman–Crippen LogP) is 3.26. The van der Waals surface area contributed by atoms with E-state index in [2.05, 4.69) is 40.8 Å². The summed E-state index contributed by atoms with van der Waals surface area (Å²) >= 11 is 15.0. The first kappa shape index (κ1) is 17.7. The molecule has 4 heterocycles. The lowest BCUT2D eigenvalue weighted by atomic mass is 10.4. The van der Waals surface area contributed by atoms with Crippen LogP contribution in [0.4, 0.5) is 11.9 Å². The summed E-state index contributed by atoms with van der Waals surface area (Å²) in [4.78, 5) is 18.6. The minimum Gasteiger partial charge on any atom is -0.368 e. The Labute approximate surface area is 160 Å². The average molecular weight is 444 g/mol. The summed E-state index contributed by atoms with van der Waals surface area (Å²) in [5, 5.41) is 3.27. The minimum absolute atomic E-state index is 0.185. The summed E-state index contributed by atoms with van der Waals surface area (Å²) in [5.74, 6) is 0.391. The molecule has 4 aromatic heterocycles. The number of nitrogen functional groups attached to an aromatic ring is 2. The van der Waals surface area contributed by atoms with Gasteiger partial charge in [-0.1, -0.05) is 39.1 Å². The number of aromatic nitrogens is 6. The Morgan fingerprint density at radius 1 is 1.00 bits per heavy atom. The molecule has 25 heavy (non-hydrogen) atoms. The molecule has 0 aliphatic heterocycles. The number of H-pyrrole nitrogens is 1. The third kappa shape index (κ3) is 3.78. The van der Waals surface area contributed by atoms with E-state index in [0.29, 0.717) is 16.0 Å². The molecule has 4 aromatic rings. The van der Waals surface area contributed by atoms with E-state index in [0.717, 1.165) is 28.3 Å². The number of halogens is 3. The van der Waals surface area contributed by atoms with Crippen molar-refractivity contribution in [1.82, 2.24) is 29.5 Å². The van der Waals surface area contributed by atoms with E-state index in [1.165, 1.54) is 0 Å². The zero-order valence-electron chi connectivity index (χ0n) is 12.7. The van der Waals surface area contributed by atoms with Crippen LogP contribution in [0.2, 0.25) is 10.3 Å². The highest BCUT2D eigenvalue weighted by atomic mass is 79.9. The lowest BCUT2D eigenvalue weighted by Gasteiger charge is -2.02. The highest BCUT2D eigenvalue weighted by molar-refractivity contribution is 9.09. The van der Waals surface area contributed by atoms with Gasteiger partial charge in [0.15, 0.2) is 0 Å². The predicted molar refractivity (Wildman–Crippen MR) is 104 cm³/mol. The number of alkyl halides is 1. The monoisotopic (exact) mass is 442 g/mol. The second-order valence-electron chi connectivity index (χ2n) is 4.92. The highest BCUT2D eigenvalue weighted by Gasteiger charge is 2.08. The molecule has 130 valence electrons. The topological polar surface area (TPSA) is 124 Å². The van der Waals surface area contributed by atoms with Crippen molar-refractivity contribution in [3.05, 3.63) is 34.8 Å². The molecule has 0 radical (unpaired) electrons. The largest absolute Gasteiger partial charge is 0.368 e. The molecule has 0 saturated carbocycles. The molecule has 0 aliphatic rings. The van der Waals surface area contributed by atoms with Gasteiger partial charge in [0.25, 0.3) is 0 Å². The van der Waals surface area contributed by atoms with E-state index in [1.807, 2.05) is 16.8 Å². The van der Waals surface area contributed by atoms with Gasteiger partial charge in [0, 0.05) is 24.3 Å². The number of rotatable bonds is 2. The molecule has 5 N–H and O–H groups in total. The normalized spacial score (nSPS) is 10.8. The van der Waals surface area contributed by atoms with Crippen molar-refractivity contribution in [1.29, 1.82) is 0 Å². The second-order valence-corrected chi connectivity index (χ2v) is 6.43. The number of aromatic amines is 1. The van der Waals surface area contributed by atoms with Crippen molar-refractivity contribution in [2.75, 3.05) is 16.8 Å². The first-order valence-electron chi connectivity index (χ1n) is 7.09. The fourth-order valence-electron chi connectivity index (χ4n) is 2.24. The standard InChI is InChI=1S/C8H8BrClN4.C6H5ClN4/c9-2-4-14-3-1-5-6(10)12-8(11)13-7(5)14;7-4-3-1-2-9-5(3)11-6(8)10-4/h1,3H,2,4H2,(H2,11,12,13);1-2H,(H3,8,9,10,11). The quantitative estimate of drug-likeness (QED) is 0.322. The summed E-state index contributed by atoms with van der Waals surface area (Å²) in [6.07, 6.45) is 3.66. The number of nitrogens with two attached hydrogens (primary N) is 2. The number of aryl methyl sites for hydroxylation is 1. The Kier molecular flexibility index (Phi) is 5.26. The summed E-state index contributed by atoms with van der Waals surface area (Å²) in [6, 6.07) is 3.69. The fourth-order valence-corrected chi connectivity index (χ4v) is 3.09. The van der Waals surface area contributed by atoms with Crippen LogP contribution in [-0.2, 0) is 6.54 Å². The third-order valence-electron chi connectivity index (χ3n) is 3.30. The van der Waals surface area contributed by atoms with Crippen molar-refractivity contribution >= 4 is 73.1 Å². The van der Waals surface area contributed by atoms with E-state index in [1.54, 1.807) is 12.3 Å². The molecule has 0 spiro atoms. The van der Waals surface area contributed by atoms with E-state index in [-0.39, 0.29) is 11.9 Å². The van der Waals surface area contributed by atoms with Gasteiger partial charge in [-0.15, -0.1) is 0 Å². The van der Waals surface area contributed by atoms with E-state index >= 15 is 0 Å². The number of hydrogen-bond donors (Lipinski definition) is 3. The van der Waals surface area contributed by atoms with Gasteiger partial charge in [-0.05, 0) is 12.1 Å². The van der Waals surface area contributed by atoms with E-state index < -0.39 is 0 Å². The molecule has 0 atom stereocenters. The molecule has 0 bridgehead atoms. The zero-order chi connectivity index (χ0) is 18.0. The lowest BCUT2D eigenvalue weighted by Crippen LogP contribution is -2.01. The Hall–Kier alpha value is -2.10. The van der Waals surface area contributed by atoms with Crippen molar-refractivity contribution in [3.63, 3.8) is 0 Å². The average Bonchev–Trinajstić information content (AvgIpc) is 3.16. The summed E-state index contributed by atoms with van der Waals surface area (Å²) in [5.41, 5.74) is 12.3. The molecule has 0 saturated heterocycles. The van der Waals surface area contributed by atoms with Crippen LogP contribution in [0.5, 0.6) is 0 Å². The number of nitrogens with one attached hydrogen (secondary N) is 1. The van der Waals surface area contributed by atoms with Crippen LogP contribution < -0.4 is 11.5 Å². The molecule has 0 aromatic carbocycles. The van der Waals surface area contributed by atoms with Crippen LogP contribution in [0.1, 0.15) is 0 Å². The Morgan fingerprint density at radius 2 is 1.68 bits per heavy atom. The minimum atomic E-state index is 0.185. The highest BCUT2D eigenvalue weighted by Crippen LogP contribution is 2.22. The van der Waals surface area contributed by atoms with Crippen LogP contribution in [0.3, 0.4) is 0 Å². The third-order valence-corrected chi connectivity index (χ3v) is 4.23. The molecular formula is C14H13BrCl2N8. The van der Waals surface area contributed by atoms with Gasteiger partial charge in [0.2, 0.25) is 11.9 Å². The number of hydrogen-bond acceptors (Lipinski definition) is 6. The van der Waals surface area contributed by atoms with E-state index in [4.69, 9.17) is 34.7 Å². The Balaban J connectivity index is 0.000000150. The number of nitrogens with zero attached hydrogens (tertiary/aromatic N) is 5. The van der Waals surface area contributed by atoms with Gasteiger partial charge in [-0.2, -0.15) is 9.97 Å². The second kappa shape index (κ2) is 7.42. The van der Waals surface area contributed by atoms with Crippen molar-refractivity contribution in [2.45, 2.75) is 6.54 Å². The van der Waals surface area contributed by atoms with Crippen molar-refractivity contribution < 1.29 is 0 Å². The van der Waals surface area contributed by atoms with Crippen LogP contribution in [-0.4, -0.2) is 34.8 Å². The smallest absolute Gasteiger partial charge is 0.223 e. The maximum absolute atomic E-state index is 5.92. The zero-order valence-corrected chi connectivity index (χ0v) is 15.8. The Bertz CT molecular complexity index is 1030. The van der Waals surface area contributed by atoms with Gasteiger partial charge < -0.3 is 21.0 Å². The van der Waals surface area contributed by atoms with Gasteiger partial charge in [-0.25, -0.2) is 9.97 Å². The van der Waals surface area contributed by atoms with Crippen LogP contribution in [0, 0.1) is 0 Å². The van der Waals surface area contributed by atoms with Crippen molar-refractivity contribution in [3.8, 4) is 0 Å². The number of fused-ring (bicyclic) bond motifs is 2. The molecule has 0 fully saturated rings. The first-order chi connectivity index (χ1) is 12.0. The lowest BCUT2D eigenvalue weighted by molar-refractivity contribution is 0.801. The van der Waals surface area contributed by atoms with Crippen LogP contribution in [0.25, 0.3) is 22.1 Å². The molecule has 0 amide bonds. The molecule has 0 unspecified atom stereocenters. The maximum atomic E-state index is 5.92. The molecule has 0 aliphatic carbocycles. The van der Waals surface area contributed by atoms with Gasteiger partial charge in [-0.3, -0.25) is 0 Å². The van der Waals surface area contributed by atoms with Gasteiger partial charge in [0.05, 0.1) is 10.8 Å². The fraction of sp³-hybridized carbons (Fsp3) is 0.143. The summed E-state index contributed by atoms with van der Waals surface area (Å²) in [6.45, 7) is 0.830. The van der Waals surface area contributed by atoms with E-state index in [9.17, 15) is 0 Å². The molecule has 8 nitrogen and oxygen atoms in total. The number of anilines is 2. The Morgan fingerprint density at radius 3 is 2.40 bits per heavy atom. The maximum Gasteiger partial charge on any atom is 0.223 e. The van der Waals surface area contributed by atoms with Gasteiger partial charge in [0.1, 0.15) is 21.6 Å². The van der Waals surface area contributed by atoms with Gasteiger partial charge >= 0.3 is 0 Å². The first-order valence-corrected chi connectivity index (χ1v) is 8.97. The summed E-state index contributed by atoms with van der Waals surface area (Å²) in [7, 11) is 0. The van der Waals surface area contributed by atoms with Crippen molar-refractivity contribution in [2.24, 2.45) is 0 Å². The molecular weight excluding hydrogens is 431 g/mol. The molecule has 11 heteroatoms. The summed E-state index contributed by atoms with van der Waals surface area (Å²) < 4.78 is 1.98. The van der Waals surface area contributed by atoms with Crippen LogP contribution >= 0.6 is 39.1 Å². The molecule has 4 rings (SSSR count). The SMILES string of the molecule is Nc1nc(Cl)c2cc[nH]c2n1.Nc1nc(Cl)c2ccn(CCBr)c2n1. The van der Waals surface area contributed by atoms with Crippen LogP contribution in [0.15, 0.2) is 24.5 Å².